The largest absolute Gasteiger partial charge is 0.310 e. The van der Waals surface area contributed by atoms with Gasteiger partial charge in [-0.05, 0) is 114 Å². The van der Waals surface area contributed by atoms with Crippen molar-refractivity contribution in [2.75, 3.05) is 4.90 Å². The standard InChI is InChI=1S/C56H41N/c1-55(2)50-29-16-15-26-46(50)47-32-30-42(36-52(47)55)57(41-24-13-6-14-25-41)43-31-33-49-53(37-43)56(39-20-9-4-10-21-39,40-22-11-5-12-23-40)51-35-34-45-44(38-18-7-3-8-19-38)27-17-28-48(45)54(49)51/h3-37H,1-2H3. The zero-order chi connectivity index (χ0) is 38.1. The van der Waals surface area contributed by atoms with E-state index in [4.69, 9.17) is 0 Å². The third-order valence-corrected chi connectivity index (χ3v) is 12.7. The Kier molecular flexibility index (Phi) is 7.50. The lowest BCUT2D eigenvalue weighted by atomic mass is 9.67. The van der Waals surface area contributed by atoms with Crippen molar-refractivity contribution < 1.29 is 0 Å². The molecular weight excluding hydrogens is 687 g/mol. The number of rotatable bonds is 6. The molecule has 0 unspecified atom stereocenters. The van der Waals surface area contributed by atoms with E-state index >= 15 is 0 Å². The van der Waals surface area contributed by atoms with Gasteiger partial charge in [0.25, 0.3) is 0 Å². The topological polar surface area (TPSA) is 3.24 Å². The molecule has 2 aliphatic carbocycles. The Morgan fingerprint density at radius 1 is 0.333 bits per heavy atom. The first-order valence-electron chi connectivity index (χ1n) is 20.0. The van der Waals surface area contributed by atoms with Crippen molar-refractivity contribution in [1.29, 1.82) is 0 Å². The maximum Gasteiger partial charge on any atom is 0.0714 e. The second-order valence-electron chi connectivity index (χ2n) is 16.0. The lowest BCUT2D eigenvalue weighted by Gasteiger charge is -2.35. The van der Waals surface area contributed by atoms with Crippen molar-refractivity contribution in [3.63, 3.8) is 0 Å². The average Bonchev–Trinajstić information content (AvgIpc) is 3.70. The summed E-state index contributed by atoms with van der Waals surface area (Å²) in [7, 11) is 0. The molecule has 0 radical (unpaired) electrons. The van der Waals surface area contributed by atoms with Gasteiger partial charge >= 0.3 is 0 Å². The summed E-state index contributed by atoms with van der Waals surface area (Å²) < 4.78 is 0. The molecule has 0 saturated carbocycles. The van der Waals surface area contributed by atoms with Gasteiger partial charge in [0.05, 0.1) is 5.41 Å². The lowest BCUT2D eigenvalue weighted by Crippen LogP contribution is -2.28. The maximum atomic E-state index is 2.49. The number of fused-ring (bicyclic) bond motifs is 8. The summed E-state index contributed by atoms with van der Waals surface area (Å²) in [5.74, 6) is 0. The van der Waals surface area contributed by atoms with Crippen molar-refractivity contribution in [2.24, 2.45) is 0 Å². The van der Waals surface area contributed by atoms with Crippen LogP contribution in [0.25, 0.3) is 44.2 Å². The average molecular weight is 728 g/mol. The van der Waals surface area contributed by atoms with E-state index in [1.165, 1.54) is 77.5 Å². The first-order chi connectivity index (χ1) is 28.0. The van der Waals surface area contributed by atoms with E-state index in [1.807, 2.05) is 0 Å². The van der Waals surface area contributed by atoms with E-state index in [1.54, 1.807) is 0 Å². The molecule has 270 valence electrons. The Morgan fingerprint density at radius 3 is 1.56 bits per heavy atom. The van der Waals surface area contributed by atoms with Crippen molar-refractivity contribution >= 4 is 27.8 Å². The zero-order valence-electron chi connectivity index (χ0n) is 32.2. The van der Waals surface area contributed by atoms with Crippen LogP contribution in [0.4, 0.5) is 17.1 Å². The van der Waals surface area contributed by atoms with E-state index < -0.39 is 5.41 Å². The summed E-state index contributed by atoms with van der Waals surface area (Å²) >= 11 is 0. The van der Waals surface area contributed by atoms with Crippen LogP contribution in [0.3, 0.4) is 0 Å². The van der Waals surface area contributed by atoms with E-state index in [0.29, 0.717) is 0 Å². The number of anilines is 3. The second-order valence-corrected chi connectivity index (χ2v) is 16.0. The molecule has 1 heteroatoms. The maximum absolute atomic E-state index is 2.49. The molecule has 2 aliphatic rings. The van der Waals surface area contributed by atoms with Crippen molar-refractivity contribution in [3.8, 4) is 33.4 Å². The highest BCUT2D eigenvalue weighted by atomic mass is 15.1. The fourth-order valence-electron chi connectivity index (χ4n) is 10.2. The number of nitrogens with zero attached hydrogens (tertiary/aromatic N) is 1. The van der Waals surface area contributed by atoms with Gasteiger partial charge in [0.2, 0.25) is 0 Å². The van der Waals surface area contributed by atoms with Crippen LogP contribution in [0.2, 0.25) is 0 Å². The van der Waals surface area contributed by atoms with Crippen LogP contribution in [-0.2, 0) is 10.8 Å². The van der Waals surface area contributed by atoms with Crippen LogP contribution in [0.15, 0.2) is 212 Å². The molecule has 0 saturated heterocycles. The molecule has 0 amide bonds. The first kappa shape index (κ1) is 33.4. The summed E-state index contributed by atoms with van der Waals surface area (Å²) in [5.41, 5.74) is 18.3. The number of benzene rings is 9. The van der Waals surface area contributed by atoms with Crippen molar-refractivity contribution in [3.05, 3.63) is 246 Å². The summed E-state index contributed by atoms with van der Waals surface area (Å²) in [6.45, 7) is 4.73. The molecule has 0 spiro atoms. The molecule has 9 aromatic rings. The third-order valence-electron chi connectivity index (χ3n) is 12.7. The number of hydrogen-bond acceptors (Lipinski definition) is 1. The van der Waals surface area contributed by atoms with Gasteiger partial charge in [-0.25, -0.2) is 0 Å². The minimum Gasteiger partial charge on any atom is -0.310 e. The fourth-order valence-corrected chi connectivity index (χ4v) is 10.2. The predicted octanol–water partition coefficient (Wildman–Crippen LogP) is 14.6. The lowest BCUT2D eigenvalue weighted by molar-refractivity contribution is 0.660. The van der Waals surface area contributed by atoms with Crippen LogP contribution in [0.1, 0.15) is 47.2 Å². The zero-order valence-corrected chi connectivity index (χ0v) is 32.2. The van der Waals surface area contributed by atoms with Crippen LogP contribution in [0, 0.1) is 0 Å². The van der Waals surface area contributed by atoms with Crippen molar-refractivity contribution in [2.45, 2.75) is 24.7 Å². The molecule has 0 fully saturated rings. The van der Waals surface area contributed by atoms with E-state index in [9.17, 15) is 0 Å². The van der Waals surface area contributed by atoms with E-state index in [0.717, 1.165) is 17.1 Å². The minimum absolute atomic E-state index is 0.112. The van der Waals surface area contributed by atoms with Crippen LogP contribution < -0.4 is 4.90 Å². The van der Waals surface area contributed by atoms with Gasteiger partial charge in [0, 0.05) is 22.5 Å². The molecule has 0 bridgehead atoms. The highest BCUT2D eigenvalue weighted by molar-refractivity contribution is 6.09. The van der Waals surface area contributed by atoms with Gasteiger partial charge in [0.1, 0.15) is 0 Å². The van der Waals surface area contributed by atoms with Crippen LogP contribution >= 0.6 is 0 Å². The van der Waals surface area contributed by atoms with Crippen LogP contribution in [-0.4, -0.2) is 0 Å². The van der Waals surface area contributed by atoms with Gasteiger partial charge in [-0.2, -0.15) is 0 Å². The molecule has 0 aromatic heterocycles. The highest BCUT2D eigenvalue weighted by Crippen LogP contribution is 2.59. The normalized spacial score (nSPS) is 14.1. The highest BCUT2D eigenvalue weighted by Gasteiger charge is 2.47. The predicted molar refractivity (Wildman–Crippen MR) is 239 cm³/mol. The minimum atomic E-state index is -0.552. The summed E-state index contributed by atoms with van der Waals surface area (Å²) in [6, 6.07) is 78.8. The molecule has 57 heavy (non-hydrogen) atoms. The number of hydrogen-bond donors (Lipinski definition) is 0. The Labute approximate surface area is 335 Å². The number of para-hydroxylation sites is 1. The molecule has 0 heterocycles. The summed E-state index contributed by atoms with van der Waals surface area (Å²) in [4.78, 5) is 2.45. The van der Waals surface area contributed by atoms with Gasteiger partial charge in [-0.1, -0.05) is 190 Å². The van der Waals surface area contributed by atoms with E-state index in [-0.39, 0.29) is 5.41 Å². The van der Waals surface area contributed by atoms with E-state index in [2.05, 4.69) is 231 Å². The molecule has 1 nitrogen and oxygen atoms in total. The summed E-state index contributed by atoms with van der Waals surface area (Å²) in [6.07, 6.45) is 0. The summed E-state index contributed by atoms with van der Waals surface area (Å²) in [5, 5.41) is 2.54. The second kappa shape index (κ2) is 12.8. The molecule has 11 rings (SSSR count). The molecule has 0 N–H and O–H groups in total. The third kappa shape index (κ3) is 4.89. The SMILES string of the molecule is CC1(C)c2ccccc2-c2ccc(N(c3ccccc3)c3ccc4c(c3)C(c3ccccc3)(c3ccccc3)c3ccc5c(-c6ccccc6)cccc5c3-4)cc21. The van der Waals surface area contributed by atoms with Gasteiger partial charge < -0.3 is 4.90 Å². The quantitative estimate of drug-likeness (QED) is 0.165. The first-order valence-corrected chi connectivity index (χ1v) is 20.0. The Hall–Kier alpha value is -6.96. The van der Waals surface area contributed by atoms with Gasteiger partial charge in [-0.3, -0.25) is 0 Å². The molecule has 0 atom stereocenters. The monoisotopic (exact) mass is 727 g/mol. The molecular formula is C56H41N. The smallest absolute Gasteiger partial charge is 0.0714 e. The molecule has 9 aromatic carbocycles. The Bertz CT molecular complexity index is 2920. The molecule has 0 aliphatic heterocycles. The van der Waals surface area contributed by atoms with Gasteiger partial charge in [0.15, 0.2) is 0 Å². The Morgan fingerprint density at radius 2 is 0.877 bits per heavy atom. The van der Waals surface area contributed by atoms with Gasteiger partial charge in [-0.15, -0.1) is 0 Å². The van der Waals surface area contributed by atoms with Crippen LogP contribution in [0.5, 0.6) is 0 Å². The Balaban J connectivity index is 1.20. The van der Waals surface area contributed by atoms with Crippen molar-refractivity contribution in [1.82, 2.24) is 0 Å². The fraction of sp³-hybridized carbons (Fsp3) is 0.0714.